The monoisotopic (exact) mass is 284 g/mol. The summed E-state index contributed by atoms with van der Waals surface area (Å²) in [6, 6.07) is 11.8. The van der Waals surface area contributed by atoms with Crippen molar-refractivity contribution in [3.63, 3.8) is 0 Å². The highest BCUT2D eigenvalue weighted by Crippen LogP contribution is 2.38. The number of benzene rings is 2. The van der Waals surface area contributed by atoms with Crippen LogP contribution in [0.1, 0.15) is 25.3 Å². The number of rotatable bonds is 5. The first-order valence-electron chi connectivity index (χ1n) is 6.84. The molecule has 1 atom stereocenters. The smallest absolute Gasteiger partial charge is 0.310 e. The van der Waals surface area contributed by atoms with E-state index in [1.54, 1.807) is 27.0 Å². The number of methoxy groups -OCH3 is 1. The summed E-state index contributed by atoms with van der Waals surface area (Å²) in [5, 5.41) is 11.5. The van der Waals surface area contributed by atoms with Crippen molar-refractivity contribution in [2.45, 2.75) is 19.8 Å². The van der Waals surface area contributed by atoms with Crippen LogP contribution in [0.2, 0.25) is 0 Å². The molecule has 0 aliphatic rings. The lowest BCUT2D eigenvalue weighted by molar-refractivity contribution is -0.147. The second-order valence-electron chi connectivity index (χ2n) is 5.71. The van der Waals surface area contributed by atoms with Gasteiger partial charge in [0.05, 0.1) is 12.5 Å². The number of fused-ring (bicyclic) bond motifs is 1. The number of ether oxygens (including phenoxy) is 1. The molecule has 2 aromatic rings. The maximum absolute atomic E-state index is 11.5. The normalized spacial score (nSPS) is 12.9. The van der Waals surface area contributed by atoms with Gasteiger partial charge in [0.15, 0.2) is 0 Å². The lowest BCUT2D eigenvalue weighted by atomic mass is 9.74. The Balaban J connectivity index is 2.51. The number of aliphatic carboxylic acids is 1. The predicted octanol–water partition coefficient (Wildman–Crippen LogP) is 4.23. The molecule has 3 nitrogen and oxygen atoms in total. The first-order valence-corrected chi connectivity index (χ1v) is 6.84. The van der Waals surface area contributed by atoms with Gasteiger partial charge in [-0.2, -0.15) is 0 Å². The molecular weight excluding hydrogens is 264 g/mol. The van der Waals surface area contributed by atoms with Gasteiger partial charge >= 0.3 is 5.97 Å². The lowest BCUT2D eigenvalue weighted by Gasteiger charge is -2.28. The molecule has 110 valence electrons. The summed E-state index contributed by atoms with van der Waals surface area (Å²) in [6.45, 7) is 7.25. The zero-order chi connectivity index (χ0) is 15.6. The fourth-order valence-corrected chi connectivity index (χ4v) is 2.54. The van der Waals surface area contributed by atoms with E-state index < -0.39 is 11.4 Å². The van der Waals surface area contributed by atoms with E-state index in [2.05, 4.69) is 6.58 Å². The van der Waals surface area contributed by atoms with Crippen molar-refractivity contribution in [1.82, 2.24) is 0 Å². The average Bonchev–Trinajstić information content (AvgIpc) is 2.47. The van der Waals surface area contributed by atoms with E-state index in [1.165, 1.54) is 0 Å². The Morgan fingerprint density at radius 2 is 1.86 bits per heavy atom. The predicted molar refractivity (Wildman–Crippen MR) is 84.9 cm³/mol. The number of hydrogen-bond donors (Lipinski definition) is 1. The Morgan fingerprint density at radius 3 is 2.43 bits per heavy atom. The molecule has 0 saturated heterocycles. The van der Waals surface area contributed by atoms with E-state index in [1.807, 2.05) is 36.4 Å². The van der Waals surface area contributed by atoms with Gasteiger partial charge in [0.2, 0.25) is 0 Å². The van der Waals surface area contributed by atoms with Crippen molar-refractivity contribution in [3.8, 4) is 5.75 Å². The quantitative estimate of drug-likeness (QED) is 0.836. The van der Waals surface area contributed by atoms with E-state index in [0.717, 1.165) is 22.1 Å². The minimum absolute atomic E-state index is 0.249. The van der Waals surface area contributed by atoms with Gasteiger partial charge in [-0.1, -0.05) is 30.3 Å². The molecule has 3 heteroatoms. The molecule has 0 aromatic heterocycles. The van der Waals surface area contributed by atoms with Crippen LogP contribution in [0.5, 0.6) is 5.75 Å². The second-order valence-corrected chi connectivity index (χ2v) is 5.71. The molecule has 0 unspecified atom stereocenters. The molecule has 0 aliphatic heterocycles. The summed E-state index contributed by atoms with van der Waals surface area (Å²) in [6.07, 6.45) is 1.71. The molecule has 21 heavy (non-hydrogen) atoms. The molecule has 0 fully saturated rings. The van der Waals surface area contributed by atoms with Crippen molar-refractivity contribution in [3.05, 3.63) is 54.6 Å². The highest BCUT2D eigenvalue weighted by Gasteiger charge is 2.35. The Morgan fingerprint density at radius 1 is 1.24 bits per heavy atom. The summed E-state index contributed by atoms with van der Waals surface area (Å²) in [4.78, 5) is 11.5. The molecule has 0 spiro atoms. The minimum atomic E-state index is -0.901. The Bertz CT molecular complexity index is 686. The summed E-state index contributed by atoms with van der Waals surface area (Å²) < 4.78 is 5.21. The van der Waals surface area contributed by atoms with Gasteiger partial charge in [-0.25, -0.2) is 0 Å². The zero-order valence-electron chi connectivity index (χ0n) is 12.6. The molecule has 2 aromatic carbocycles. The molecule has 0 saturated carbocycles. The second kappa shape index (κ2) is 5.60. The van der Waals surface area contributed by atoms with Crippen molar-refractivity contribution >= 4 is 16.7 Å². The summed E-state index contributed by atoms with van der Waals surface area (Å²) in [7, 11) is 1.64. The fraction of sp³-hybridized carbons (Fsp3) is 0.278. The fourth-order valence-electron chi connectivity index (χ4n) is 2.54. The molecule has 0 amide bonds. The first kappa shape index (κ1) is 15.1. The maximum Gasteiger partial charge on any atom is 0.310 e. The van der Waals surface area contributed by atoms with Gasteiger partial charge in [-0.05, 0) is 42.3 Å². The standard InChI is InChI=1S/C18H20O3/c1-5-16(18(2,3)17(19)20)14-7-6-13-11-15(21-4)9-8-12(13)10-14/h5-11,16H,1H2,2-4H3,(H,19,20)/t16-/m0/s1. The highest BCUT2D eigenvalue weighted by atomic mass is 16.5. The maximum atomic E-state index is 11.5. The number of hydrogen-bond acceptors (Lipinski definition) is 2. The molecular formula is C18H20O3. The van der Waals surface area contributed by atoms with E-state index in [4.69, 9.17) is 4.74 Å². The Labute approximate surface area is 124 Å². The first-order chi connectivity index (χ1) is 9.90. The van der Waals surface area contributed by atoms with E-state index in [9.17, 15) is 9.90 Å². The topological polar surface area (TPSA) is 46.5 Å². The number of carboxylic acid groups (broad SMARTS) is 1. The van der Waals surface area contributed by atoms with E-state index >= 15 is 0 Å². The van der Waals surface area contributed by atoms with Crippen LogP contribution in [0.25, 0.3) is 10.8 Å². The molecule has 0 heterocycles. The molecule has 0 bridgehead atoms. The summed E-state index contributed by atoms with van der Waals surface area (Å²) in [5.41, 5.74) is 0.0529. The van der Waals surface area contributed by atoms with Crippen LogP contribution in [-0.4, -0.2) is 18.2 Å². The van der Waals surface area contributed by atoms with Crippen LogP contribution in [0.3, 0.4) is 0 Å². The van der Waals surface area contributed by atoms with Crippen molar-refractivity contribution in [2.75, 3.05) is 7.11 Å². The molecule has 1 N–H and O–H groups in total. The van der Waals surface area contributed by atoms with Crippen LogP contribution < -0.4 is 4.74 Å². The third-order valence-electron chi connectivity index (χ3n) is 4.00. The van der Waals surface area contributed by atoms with Gasteiger partial charge in [-0.15, -0.1) is 6.58 Å². The van der Waals surface area contributed by atoms with Gasteiger partial charge in [0, 0.05) is 5.92 Å². The number of allylic oxidation sites excluding steroid dienone is 1. The van der Waals surface area contributed by atoms with Gasteiger partial charge < -0.3 is 9.84 Å². The van der Waals surface area contributed by atoms with Gasteiger partial charge in [0.25, 0.3) is 0 Å². The van der Waals surface area contributed by atoms with E-state index in [0.29, 0.717) is 0 Å². The minimum Gasteiger partial charge on any atom is -0.497 e. The molecule has 2 rings (SSSR count). The van der Waals surface area contributed by atoms with Crippen LogP contribution in [0.4, 0.5) is 0 Å². The number of carbonyl (C=O) groups is 1. The van der Waals surface area contributed by atoms with E-state index in [-0.39, 0.29) is 5.92 Å². The zero-order valence-corrected chi connectivity index (χ0v) is 12.6. The summed E-state index contributed by atoms with van der Waals surface area (Å²) in [5.74, 6) is -0.273. The molecule has 0 radical (unpaired) electrons. The van der Waals surface area contributed by atoms with Crippen LogP contribution in [0, 0.1) is 5.41 Å². The number of carboxylic acids is 1. The van der Waals surface area contributed by atoms with Gasteiger partial charge in [-0.3, -0.25) is 4.79 Å². The van der Waals surface area contributed by atoms with Crippen LogP contribution in [-0.2, 0) is 4.79 Å². The largest absolute Gasteiger partial charge is 0.497 e. The summed E-state index contributed by atoms with van der Waals surface area (Å²) >= 11 is 0. The third-order valence-corrected chi connectivity index (χ3v) is 4.00. The average molecular weight is 284 g/mol. The lowest BCUT2D eigenvalue weighted by Crippen LogP contribution is -2.30. The van der Waals surface area contributed by atoms with Crippen LogP contribution >= 0.6 is 0 Å². The van der Waals surface area contributed by atoms with Crippen molar-refractivity contribution < 1.29 is 14.6 Å². The SMILES string of the molecule is C=C[C@@H](c1ccc2cc(OC)ccc2c1)C(C)(C)C(=O)O. The highest BCUT2D eigenvalue weighted by molar-refractivity contribution is 5.85. The van der Waals surface area contributed by atoms with Crippen molar-refractivity contribution in [1.29, 1.82) is 0 Å². The Hall–Kier alpha value is -2.29. The molecule has 0 aliphatic carbocycles. The van der Waals surface area contributed by atoms with Gasteiger partial charge in [0.1, 0.15) is 5.75 Å². The van der Waals surface area contributed by atoms with Crippen LogP contribution in [0.15, 0.2) is 49.1 Å². The van der Waals surface area contributed by atoms with Crippen molar-refractivity contribution in [2.24, 2.45) is 5.41 Å². The third kappa shape index (κ3) is 2.77. The Kier molecular flexibility index (Phi) is 4.03.